The standard InChI is InChI=1S/C5H9O5P/c1-4(11(8,9)10)2-3-5(6)7/h2-4H,1H3,(H,6,7)(H2,8,9,10). The number of allylic oxidation sites excluding steroid dienone is 1. The Hall–Kier alpha value is -0.640. The van der Waals surface area contributed by atoms with Gasteiger partial charge in [-0.1, -0.05) is 6.08 Å². The molecule has 0 bridgehead atoms. The van der Waals surface area contributed by atoms with E-state index in [-0.39, 0.29) is 0 Å². The number of hydrogen-bond acceptors (Lipinski definition) is 2. The number of carbonyl (C=O) groups is 1. The molecule has 0 aromatic heterocycles. The second-order valence-electron chi connectivity index (χ2n) is 2.03. The second-order valence-corrected chi connectivity index (χ2v) is 4.02. The first-order valence-electron chi connectivity index (χ1n) is 2.80. The molecule has 0 amide bonds. The number of hydrogen-bond donors (Lipinski definition) is 3. The zero-order valence-electron chi connectivity index (χ0n) is 5.84. The van der Waals surface area contributed by atoms with Crippen molar-refractivity contribution in [2.45, 2.75) is 12.6 Å². The van der Waals surface area contributed by atoms with Crippen LogP contribution < -0.4 is 0 Å². The lowest BCUT2D eigenvalue weighted by Gasteiger charge is -2.06. The zero-order chi connectivity index (χ0) is 9.07. The monoisotopic (exact) mass is 180 g/mol. The summed E-state index contributed by atoms with van der Waals surface area (Å²) in [4.78, 5) is 26.8. The molecule has 3 N–H and O–H groups in total. The van der Waals surface area contributed by atoms with Crippen LogP contribution in [0.25, 0.3) is 0 Å². The van der Waals surface area contributed by atoms with Crippen molar-refractivity contribution in [1.29, 1.82) is 0 Å². The summed E-state index contributed by atoms with van der Waals surface area (Å²) < 4.78 is 10.4. The van der Waals surface area contributed by atoms with Crippen molar-refractivity contribution in [2.75, 3.05) is 0 Å². The molecule has 0 rings (SSSR count). The molecule has 1 unspecified atom stereocenters. The summed E-state index contributed by atoms with van der Waals surface area (Å²) >= 11 is 0. The molecule has 64 valence electrons. The van der Waals surface area contributed by atoms with Gasteiger partial charge in [-0.15, -0.1) is 0 Å². The van der Waals surface area contributed by atoms with Crippen molar-refractivity contribution in [1.82, 2.24) is 0 Å². The molecule has 11 heavy (non-hydrogen) atoms. The van der Waals surface area contributed by atoms with Crippen LogP contribution in [0.5, 0.6) is 0 Å². The Bertz CT molecular complexity index is 215. The Morgan fingerprint density at radius 3 is 2.27 bits per heavy atom. The maximum atomic E-state index is 10.4. The van der Waals surface area contributed by atoms with Crippen molar-refractivity contribution in [2.24, 2.45) is 0 Å². The molecule has 1 atom stereocenters. The van der Waals surface area contributed by atoms with Crippen LogP contribution in [-0.4, -0.2) is 26.5 Å². The zero-order valence-corrected chi connectivity index (χ0v) is 6.73. The minimum Gasteiger partial charge on any atom is -0.478 e. The predicted octanol–water partition coefficient (Wildman–Crippen LogP) is 0.193. The van der Waals surface area contributed by atoms with Crippen LogP contribution in [0.2, 0.25) is 0 Å². The number of rotatable bonds is 3. The van der Waals surface area contributed by atoms with Gasteiger partial charge in [-0.25, -0.2) is 4.79 Å². The molecule has 0 aromatic rings. The van der Waals surface area contributed by atoms with Gasteiger partial charge in [0, 0.05) is 6.08 Å². The molecule has 0 spiro atoms. The molecule has 0 aromatic carbocycles. The van der Waals surface area contributed by atoms with Crippen molar-refractivity contribution >= 4 is 13.6 Å². The predicted molar refractivity (Wildman–Crippen MR) is 38.3 cm³/mol. The van der Waals surface area contributed by atoms with E-state index in [1.54, 1.807) is 0 Å². The topological polar surface area (TPSA) is 94.8 Å². The Morgan fingerprint density at radius 2 is 2.00 bits per heavy atom. The van der Waals surface area contributed by atoms with Gasteiger partial charge in [0.05, 0.1) is 5.66 Å². The van der Waals surface area contributed by atoms with E-state index in [0.717, 1.165) is 6.08 Å². The van der Waals surface area contributed by atoms with Crippen LogP contribution in [0.1, 0.15) is 6.92 Å². The van der Waals surface area contributed by atoms with E-state index in [0.29, 0.717) is 6.08 Å². The molecule has 0 aliphatic carbocycles. The van der Waals surface area contributed by atoms with Gasteiger partial charge in [0.15, 0.2) is 0 Å². The van der Waals surface area contributed by atoms with E-state index in [2.05, 4.69) is 0 Å². The van der Waals surface area contributed by atoms with Crippen molar-refractivity contribution in [3.05, 3.63) is 12.2 Å². The van der Waals surface area contributed by atoms with Crippen LogP contribution in [0, 0.1) is 0 Å². The third-order valence-corrected chi connectivity index (χ3v) is 2.28. The highest BCUT2D eigenvalue weighted by atomic mass is 31.2. The molecule has 0 aliphatic heterocycles. The summed E-state index contributed by atoms with van der Waals surface area (Å²) in [6.07, 6.45) is 1.67. The lowest BCUT2D eigenvalue weighted by atomic mass is 10.4. The minimum atomic E-state index is -4.16. The first-order valence-corrected chi connectivity index (χ1v) is 4.48. The second kappa shape index (κ2) is 3.67. The largest absolute Gasteiger partial charge is 0.478 e. The maximum Gasteiger partial charge on any atom is 0.332 e. The van der Waals surface area contributed by atoms with Crippen LogP contribution in [0.3, 0.4) is 0 Å². The SMILES string of the molecule is CC(C=CC(=O)O)P(=O)(O)O. The third kappa shape index (κ3) is 4.72. The van der Waals surface area contributed by atoms with Gasteiger partial charge in [0.2, 0.25) is 0 Å². The van der Waals surface area contributed by atoms with Gasteiger partial charge < -0.3 is 14.9 Å². The van der Waals surface area contributed by atoms with Gasteiger partial charge >= 0.3 is 13.6 Å². The van der Waals surface area contributed by atoms with Crippen molar-refractivity contribution in [3.8, 4) is 0 Å². The minimum absolute atomic E-state index is 0.712. The van der Waals surface area contributed by atoms with Gasteiger partial charge in [-0.2, -0.15) is 0 Å². The van der Waals surface area contributed by atoms with Gasteiger partial charge in [-0.3, -0.25) is 4.57 Å². The quantitative estimate of drug-likeness (QED) is 0.425. The molecule has 6 heteroatoms. The van der Waals surface area contributed by atoms with Gasteiger partial charge in [0.1, 0.15) is 0 Å². The fraction of sp³-hybridized carbons (Fsp3) is 0.400. The van der Waals surface area contributed by atoms with Crippen molar-refractivity contribution < 1.29 is 24.3 Å². The van der Waals surface area contributed by atoms with E-state index < -0.39 is 19.2 Å². The van der Waals surface area contributed by atoms with Crippen LogP contribution in [0.4, 0.5) is 0 Å². The highest BCUT2D eigenvalue weighted by Gasteiger charge is 2.20. The van der Waals surface area contributed by atoms with E-state index in [1.165, 1.54) is 6.92 Å². The normalized spacial score (nSPS) is 15.2. The summed E-state index contributed by atoms with van der Waals surface area (Å²) in [5.41, 5.74) is -1.04. The molecular weight excluding hydrogens is 171 g/mol. The molecule has 0 fully saturated rings. The maximum absolute atomic E-state index is 10.4. The molecule has 0 saturated carbocycles. The summed E-state index contributed by atoms with van der Waals surface area (Å²) in [6.45, 7) is 1.25. The van der Waals surface area contributed by atoms with Crippen LogP contribution >= 0.6 is 7.60 Å². The van der Waals surface area contributed by atoms with E-state index >= 15 is 0 Å². The van der Waals surface area contributed by atoms with Crippen LogP contribution in [-0.2, 0) is 9.36 Å². The summed E-state index contributed by atoms with van der Waals surface area (Å²) in [5.74, 6) is -1.22. The molecular formula is C5H9O5P. The number of aliphatic carboxylic acids is 1. The Morgan fingerprint density at radius 1 is 1.55 bits per heavy atom. The third-order valence-electron chi connectivity index (χ3n) is 1.05. The average molecular weight is 180 g/mol. The van der Waals surface area contributed by atoms with Gasteiger partial charge in [-0.05, 0) is 6.92 Å². The molecule has 0 radical (unpaired) electrons. The first-order chi connectivity index (χ1) is 4.84. The summed E-state index contributed by atoms with van der Waals surface area (Å²) in [5, 5.41) is 8.09. The average Bonchev–Trinajstić information content (AvgIpc) is 1.80. The van der Waals surface area contributed by atoms with Crippen molar-refractivity contribution in [3.63, 3.8) is 0 Å². The first kappa shape index (κ1) is 10.4. The summed E-state index contributed by atoms with van der Waals surface area (Å²) in [6, 6.07) is 0. The Labute approximate surface area is 63.5 Å². The highest BCUT2D eigenvalue weighted by Crippen LogP contribution is 2.41. The molecule has 5 nitrogen and oxygen atoms in total. The van der Waals surface area contributed by atoms with E-state index in [1.807, 2.05) is 0 Å². The lowest BCUT2D eigenvalue weighted by Crippen LogP contribution is -1.99. The fourth-order valence-electron chi connectivity index (χ4n) is 0.334. The highest BCUT2D eigenvalue weighted by molar-refractivity contribution is 7.52. The number of carboxylic acid groups (broad SMARTS) is 1. The van der Waals surface area contributed by atoms with Crippen LogP contribution in [0.15, 0.2) is 12.2 Å². The Kier molecular flexibility index (Phi) is 3.45. The molecule has 0 aliphatic rings. The van der Waals surface area contributed by atoms with E-state index in [4.69, 9.17) is 14.9 Å². The fourth-order valence-corrected chi connectivity index (χ4v) is 0.644. The molecule has 0 heterocycles. The Balaban J connectivity index is 4.19. The van der Waals surface area contributed by atoms with Gasteiger partial charge in [0.25, 0.3) is 0 Å². The molecule has 0 saturated heterocycles. The lowest BCUT2D eigenvalue weighted by molar-refractivity contribution is -0.131. The van der Waals surface area contributed by atoms with E-state index in [9.17, 15) is 9.36 Å². The summed E-state index contributed by atoms with van der Waals surface area (Å²) in [7, 11) is -4.16. The smallest absolute Gasteiger partial charge is 0.332 e. The number of carboxylic acids is 1.